The summed E-state index contributed by atoms with van der Waals surface area (Å²) in [7, 11) is 0. The molecule has 0 radical (unpaired) electrons. The lowest BCUT2D eigenvalue weighted by molar-refractivity contribution is 0.177. The van der Waals surface area contributed by atoms with E-state index < -0.39 is 0 Å². The second-order valence-electron chi connectivity index (χ2n) is 5.47. The fourth-order valence-corrected chi connectivity index (χ4v) is 2.49. The Morgan fingerprint density at radius 2 is 2.15 bits per heavy atom. The van der Waals surface area contributed by atoms with Gasteiger partial charge < -0.3 is 9.84 Å². The predicted molar refractivity (Wildman–Crippen MR) is 77.2 cm³/mol. The Morgan fingerprint density at radius 1 is 1.35 bits per heavy atom. The Labute approximate surface area is 119 Å². The normalized spacial score (nSPS) is 20.2. The van der Waals surface area contributed by atoms with Gasteiger partial charge in [0.1, 0.15) is 0 Å². The van der Waals surface area contributed by atoms with Crippen molar-refractivity contribution in [1.29, 1.82) is 0 Å². The molecule has 0 saturated carbocycles. The minimum atomic E-state index is 0.517. The topological polar surface area (TPSA) is 54.2 Å². The highest BCUT2D eigenvalue weighted by atomic mass is 16.5. The second-order valence-corrected chi connectivity index (χ2v) is 5.47. The van der Waals surface area contributed by atoms with Crippen LogP contribution >= 0.6 is 0 Å². The van der Waals surface area contributed by atoms with Crippen molar-refractivity contribution in [2.24, 2.45) is 0 Å². The molecule has 5 nitrogen and oxygen atoms in total. The molecule has 106 valence electrons. The van der Waals surface area contributed by atoms with E-state index in [9.17, 15) is 0 Å². The molecule has 1 N–H and O–H groups in total. The van der Waals surface area contributed by atoms with Gasteiger partial charge in [-0.2, -0.15) is 4.98 Å². The molecule has 0 aliphatic carbocycles. The molecule has 1 atom stereocenters. The lowest BCUT2D eigenvalue weighted by Crippen LogP contribution is -2.48. The Balaban J connectivity index is 1.69. The van der Waals surface area contributed by atoms with Crippen molar-refractivity contribution in [1.82, 2.24) is 20.4 Å². The van der Waals surface area contributed by atoms with Crippen LogP contribution in [0.2, 0.25) is 0 Å². The van der Waals surface area contributed by atoms with Gasteiger partial charge in [0.25, 0.3) is 0 Å². The van der Waals surface area contributed by atoms with E-state index >= 15 is 0 Å². The molecule has 1 fully saturated rings. The van der Waals surface area contributed by atoms with E-state index in [0.29, 0.717) is 17.8 Å². The standard InChI is InChI=1S/C15H20N4O/c1-11-3-5-13(6-4-11)15-17-14(20-18-15)10-19-8-7-16-12(2)9-19/h3-6,12,16H,7-10H2,1-2H3. The van der Waals surface area contributed by atoms with Crippen molar-refractivity contribution in [2.75, 3.05) is 19.6 Å². The third-order valence-electron chi connectivity index (χ3n) is 3.59. The Hall–Kier alpha value is -1.72. The van der Waals surface area contributed by atoms with Crippen molar-refractivity contribution in [2.45, 2.75) is 26.4 Å². The molecule has 20 heavy (non-hydrogen) atoms. The van der Waals surface area contributed by atoms with Crippen LogP contribution in [-0.4, -0.2) is 40.7 Å². The molecule has 0 bridgehead atoms. The van der Waals surface area contributed by atoms with Gasteiger partial charge in [0.2, 0.25) is 11.7 Å². The van der Waals surface area contributed by atoms with Gasteiger partial charge >= 0.3 is 0 Å². The molecule has 1 aliphatic heterocycles. The molecule has 1 aliphatic rings. The summed E-state index contributed by atoms with van der Waals surface area (Å²) in [6.07, 6.45) is 0. The van der Waals surface area contributed by atoms with E-state index in [4.69, 9.17) is 4.52 Å². The Bertz CT molecular complexity index is 564. The number of nitrogens with zero attached hydrogens (tertiary/aromatic N) is 3. The first kappa shape index (κ1) is 13.3. The van der Waals surface area contributed by atoms with Crippen LogP contribution in [0.25, 0.3) is 11.4 Å². The van der Waals surface area contributed by atoms with Crippen LogP contribution in [0.3, 0.4) is 0 Å². The molecule has 0 spiro atoms. The molecule has 1 unspecified atom stereocenters. The molecular weight excluding hydrogens is 252 g/mol. The van der Waals surface area contributed by atoms with Crippen LogP contribution < -0.4 is 5.32 Å². The average Bonchev–Trinajstić information content (AvgIpc) is 2.88. The number of hydrogen-bond acceptors (Lipinski definition) is 5. The predicted octanol–water partition coefficient (Wildman–Crippen LogP) is 1.84. The minimum absolute atomic E-state index is 0.517. The summed E-state index contributed by atoms with van der Waals surface area (Å²) in [5, 5.41) is 7.50. The quantitative estimate of drug-likeness (QED) is 0.924. The number of hydrogen-bond donors (Lipinski definition) is 1. The van der Waals surface area contributed by atoms with Gasteiger partial charge in [0, 0.05) is 31.2 Å². The van der Waals surface area contributed by atoms with Gasteiger partial charge in [-0.15, -0.1) is 0 Å². The third-order valence-corrected chi connectivity index (χ3v) is 3.59. The fraction of sp³-hybridized carbons (Fsp3) is 0.467. The summed E-state index contributed by atoms with van der Waals surface area (Å²) < 4.78 is 5.36. The van der Waals surface area contributed by atoms with Gasteiger partial charge in [0.15, 0.2) is 0 Å². The highest BCUT2D eigenvalue weighted by Crippen LogP contribution is 2.17. The first-order valence-corrected chi connectivity index (χ1v) is 7.06. The van der Waals surface area contributed by atoms with Crippen LogP contribution in [-0.2, 0) is 6.54 Å². The highest BCUT2D eigenvalue weighted by molar-refractivity contribution is 5.54. The maximum absolute atomic E-state index is 5.36. The van der Waals surface area contributed by atoms with Crippen LogP contribution in [0.5, 0.6) is 0 Å². The van der Waals surface area contributed by atoms with Crippen LogP contribution in [0.15, 0.2) is 28.8 Å². The van der Waals surface area contributed by atoms with E-state index in [1.165, 1.54) is 5.56 Å². The second kappa shape index (κ2) is 5.73. The van der Waals surface area contributed by atoms with Crippen LogP contribution in [0, 0.1) is 6.92 Å². The van der Waals surface area contributed by atoms with Gasteiger partial charge in [0.05, 0.1) is 6.54 Å². The van der Waals surface area contributed by atoms with Crippen LogP contribution in [0.1, 0.15) is 18.4 Å². The molecule has 1 saturated heterocycles. The van der Waals surface area contributed by atoms with E-state index in [1.807, 2.05) is 12.1 Å². The molecule has 1 aromatic heterocycles. The third kappa shape index (κ3) is 3.05. The van der Waals surface area contributed by atoms with Crippen molar-refractivity contribution in [3.63, 3.8) is 0 Å². The zero-order valence-corrected chi connectivity index (χ0v) is 12.0. The summed E-state index contributed by atoms with van der Waals surface area (Å²) in [4.78, 5) is 6.83. The SMILES string of the molecule is Cc1ccc(-c2noc(CN3CCNC(C)C3)n2)cc1. The number of nitrogens with one attached hydrogen (secondary N) is 1. The molecule has 1 aromatic carbocycles. The first-order chi connectivity index (χ1) is 9.70. The van der Waals surface area contributed by atoms with E-state index in [0.717, 1.165) is 31.7 Å². The van der Waals surface area contributed by atoms with E-state index in [2.05, 4.69) is 46.3 Å². The lowest BCUT2D eigenvalue weighted by Gasteiger charge is -2.30. The van der Waals surface area contributed by atoms with Gasteiger partial charge in [-0.3, -0.25) is 4.90 Å². The number of aryl methyl sites for hydroxylation is 1. The molecular formula is C15H20N4O. The average molecular weight is 272 g/mol. The zero-order valence-electron chi connectivity index (χ0n) is 12.0. The number of benzene rings is 1. The first-order valence-electron chi connectivity index (χ1n) is 7.06. The van der Waals surface area contributed by atoms with Gasteiger partial charge in [-0.25, -0.2) is 0 Å². The zero-order chi connectivity index (χ0) is 13.9. The largest absolute Gasteiger partial charge is 0.338 e. The minimum Gasteiger partial charge on any atom is -0.338 e. The van der Waals surface area contributed by atoms with Crippen molar-refractivity contribution < 1.29 is 4.52 Å². The summed E-state index contributed by atoms with van der Waals surface area (Å²) >= 11 is 0. The summed E-state index contributed by atoms with van der Waals surface area (Å²) in [5.41, 5.74) is 2.23. The van der Waals surface area contributed by atoms with Gasteiger partial charge in [-0.1, -0.05) is 35.0 Å². The van der Waals surface area contributed by atoms with Crippen LogP contribution in [0.4, 0.5) is 0 Å². The number of aromatic nitrogens is 2. The lowest BCUT2D eigenvalue weighted by atomic mass is 10.1. The molecule has 3 rings (SSSR count). The van der Waals surface area contributed by atoms with Crippen molar-refractivity contribution in [3.05, 3.63) is 35.7 Å². The molecule has 0 amide bonds. The number of rotatable bonds is 3. The van der Waals surface area contributed by atoms with E-state index in [1.54, 1.807) is 0 Å². The van der Waals surface area contributed by atoms with E-state index in [-0.39, 0.29) is 0 Å². The molecule has 2 aromatic rings. The summed E-state index contributed by atoms with van der Waals surface area (Å²) in [6.45, 7) is 8.04. The van der Waals surface area contributed by atoms with Crippen molar-refractivity contribution >= 4 is 0 Å². The molecule has 2 heterocycles. The monoisotopic (exact) mass is 272 g/mol. The maximum Gasteiger partial charge on any atom is 0.241 e. The maximum atomic E-state index is 5.36. The highest BCUT2D eigenvalue weighted by Gasteiger charge is 2.18. The fourth-order valence-electron chi connectivity index (χ4n) is 2.49. The Kier molecular flexibility index (Phi) is 3.80. The van der Waals surface area contributed by atoms with Gasteiger partial charge in [-0.05, 0) is 13.8 Å². The smallest absolute Gasteiger partial charge is 0.241 e. The molecule has 5 heteroatoms. The summed E-state index contributed by atoms with van der Waals surface area (Å²) in [5.74, 6) is 1.36. The summed E-state index contributed by atoms with van der Waals surface area (Å²) in [6, 6.07) is 8.68. The number of piperazine rings is 1. The van der Waals surface area contributed by atoms with Crippen molar-refractivity contribution in [3.8, 4) is 11.4 Å². The Morgan fingerprint density at radius 3 is 2.90 bits per heavy atom.